The molecule has 2 aliphatic rings. The van der Waals surface area contributed by atoms with Gasteiger partial charge in [0.05, 0.1) is 7.05 Å². The monoisotopic (exact) mass is 453 g/mol. The molecule has 2 saturated heterocycles. The first-order valence-electron chi connectivity index (χ1n) is 10.5. The summed E-state index contributed by atoms with van der Waals surface area (Å²) in [5.41, 5.74) is 1.91. The van der Waals surface area contributed by atoms with E-state index < -0.39 is 18.7 Å². The lowest BCUT2D eigenvalue weighted by atomic mass is 9.86. The van der Waals surface area contributed by atoms with Crippen LogP contribution in [-0.2, 0) is 16.1 Å². The minimum absolute atomic E-state index is 0.137. The summed E-state index contributed by atoms with van der Waals surface area (Å²) in [5, 5.41) is 11.5. The zero-order chi connectivity index (χ0) is 22.3. The van der Waals surface area contributed by atoms with Gasteiger partial charge >= 0.3 is 13.5 Å². The van der Waals surface area contributed by atoms with Crippen LogP contribution in [0, 0.1) is 10.1 Å². The molecule has 1 atom stereocenters. The summed E-state index contributed by atoms with van der Waals surface area (Å²) < 4.78 is 25.6. The predicted molar refractivity (Wildman–Crippen MR) is 119 cm³/mol. The first-order valence-corrected chi connectivity index (χ1v) is 12.1. The van der Waals surface area contributed by atoms with Crippen molar-refractivity contribution in [3.63, 3.8) is 0 Å². The van der Waals surface area contributed by atoms with E-state index in [0.29, 0.717) is 32.0 Å². The van der Waals surface area contributed by atoms with Crippen molar-refractivity contribution >= 4 is 13.5 Å². The fourth-order valence-corrected chi connectivity index (χ4v) is 6.35. The highest BCUT2D eigenvalue weighted by molar-refractivity contribution is 7.54. The molecule has 32 heavy (non-hydrogen) atoms. The molecule has 0 N–H and O–H groups in total. The Hall–Kier alpha value is -2.84. The maximum atomic E-state index is 14.0. The van der Waals surface area contributed by atoms with Gasteiger partial charge in [-0.15, -0.1) is 0 Å². The Labute approximate surface area is 186 Å². The van der Waals surface area contributed by atoms with Gasteiger partial charge in [0.15, 0.2) is 6.10 Å². The normalized spacial score (nSPS) is 17.4. The van der Waals surface area contributed by atoms with Crippen LogP contribution in [0.4, 0.5) is 5.82 Å². The number of nitrogens with zero attached hydrogens (tertiary/aromatic N) is 5. The van der Waals surface area contributed by atoms with Crippen molar-refractivity contribution in [2.75, 3.05) is 26.2 Å². The van der Waals surface area contributed by atoms with Crippen LogP contribution in [-0.4, -0.2) is 50.0 Å². The summed E-state index contributed by atoms with van der Waals surface area (Å²) in [6, 6.07) is 19.6. The Morgan fingerprint density at radius 3 is 1.88 bits per heavy atom. The number of hydrogen-bond donors (Lipinski definition) is 0. The SMILES string of the molecule is Cn1c([N+](=O)[O-])cnc1C(OP(=O)(N1CC1)N1CC1)C(c1ccccc1)c1ccccc1. The van der Waals surface area contributed by atoms with Gasteiger partial charge in [0, 0.05) is 32.1 Å². The smallest absolute Gasteiger partial charge is 0.347 e. The fraction of sp³-hybridized carbons (Fsp3) is 0.318. The average molecular weight is 453 g/mol. The summed E-state index contributed by atoms with van der Waals surface area (Å²) in [6.07, 6.45) is 0.448. The molecule has 0 amide bonds. The van der Waals surface area contributed by atoms with Crippen LogP contribution in [0.3, 0.4) is 0 Å². The Balaban J connectivity index is 1.67. The third-order valence-electron chi connectivity index (χ3n) is 5.87. The molecule has 1 aromatic heterocycles. The molecule has 1 unspecified atom stereocenters. The van der Waals surface area contributed by atoms with E-state index in [2.05, 4.69) is 4.98 Å². The van der Waals surface area contributed by atoms with Crippen molar-refractivity contribution in [1.29, 1.82) is 0 Å². The molecule has 0 radical (unpaired) electrons. The van der Waals surface area contributed by atoms with E-state index in [9.17, 15) is 14.7 Å². The van der Waals surface area contributed by atoms with Crippen LogP contribution in [0.2, 0.25) is 0 Å². The lowest BCUT2D eigenvalue weighted by molar-refractivity contribution is -0.391. The highest BCUT2D eigenvalue weighted by Gasteiger charge is 2.52. The lowest BCUT2D eigenvalue weighted by Gasteiger charge is -2.30. The standard InChI is InChI=1S/C22H24N5O4P/c1-24-19(27(28)29)16-23-22(24)21(31-32(30,25-12-13-25)26-14-15-26)20(17-8-4-2-5-9-17)18-10-6-3-7-11-18/h2-11,16,20-21H,12-15H2,1H3. The van der Waals surface area contributed by atoms with E-state index in [1.54, 1.807) is 7.05 Å². The Bertz CT molecular complexity index is 1110. The van der Waals surface area contributed by atoms with Crippen LogP contribution in [0.1, 0.15) is 29.0 Å². The second kappa shape index (κ2) is 8.26. The first-order chi connectivity index (χ1) is 15.5. The first kappa shape index (κ1) is 21.0. The highest BCUT2D eigenvalue weighted by Crippen LogP contribution is 2.64. The van der Waals surface area contributed by atoms with E-state index in [1.165, 1.54) is 10.8 Å². The van der Waals surface area contributed by atoms with Crippen LogP contribution in [0.5, 0.6) is 0 Å². The minimum Gasteiger partial charge on any atom is -0.358 e. The van der Waals surface area contributed by atoms with E-state index in [0.717, 1.165) is 11.1 Å². The number of aromatic nitrogens is 2. The summed E-state index contributed by atoms with van der Waals surface area (Å²) in [5.74, 6) is -0.119. The summed E-state index contributed by atoms with van der Waals surface area (Å²) in [4.78, 5) is 15.4. The van der Waals surface area contributed by atoms with Crippen LogP contribution in [0.15, 0.2) is 66.9 Å². The second-order valence-electron chi connectivity index (χ2n) is 8.01. The molecule has 0 bridgehead atoms. The number of imidazole rings is 1. The maximum Gasteiger partial charge on any atom is 0.347 e. The third-order valence-corrected chi connectivity index (χ3v) is 8.61. The fourth-order valence-electron chi connectivity index (χ4n) is 4.02. The molecular formula is C22H24N5O4P. The van der Waals surface area contributed by atoms with Crippen molar-refractivity contribution in [2.45, 2.75) is 12.0 Å². The van der Waals surface area contributed by atoms with E-state index in [1.807, 2.05) is 70.0 Å². The van der Waals surface area contributed by atoms with Gasteiger partial charge in [-0.2, -0.15) is 0 Å². The van der Waals surface area contributed by atoms with Gasteiger partial charge in [0.1, 0.15) is 6.20 Å². The third kappa shape index (κ3) is 3.89. The zero-order valence-corrected chi connectivity index (χ0v) is 18.5. The van der Waals surface area contributed by atoms with Crippen LogP contribution >= 0.6 is 7.67 Å². The van der Waals surface area contributed by atoms with E-state index in [4.69, 9.17) is 4.52 Å². The lowest BCUT2D eigenvalue weighted by Crippen LogP contribution is -2.22. The molecule has 0 saturated carbocycles. The molecule has 5 rings (SSSR count). The van der Waals surface area contributed by atoms with Gasteiger partial charge in [0.25, 0.3) is 0 Å². The van der Waals surface area contributed by atoms with Crippen LogP contribution < -0.4 is 0 Å². The quantitative estimate of drug-likeness (QED) is 0.210. The Morgan fingerprint density at radius 1 is 0.969 bits per heavy atom. The van der Waals surface area contributed by atoms with Crippen molar-refractivity contribution in [2.24, 2.45) is 7.05 Å². The molecule has 166 valence electrons. The Morgan fingerprint density at radius 2 is 1.47 bits per heavy atom. The van der Waals surface area contributed by atoms with Gasteiger partial charge in [0.2, 0.25) is 5.82 Å². The molecule has 2 aliphatic heterocycles. The topological polar surface area (TPSA) is 93.3 Å². The molecule has 0 spiro atoms. The molecule has 2 aromatic carbocycles. The van der Waals surface area contributed by atoms with Gasteiger partial charge in [-0.25, -0.2) is 18.9 Å². The van der Waals surface area contributed by atoms with E-state index >= 15 is 0 Å². The zero-order valence-electron chi connectivity index (χ0n) is 17.7. The molecule has 9 nitrogen and oxygen atoms in total. The number of hydrogen-bond acceptors (Lipinski definition) is 5. The van der Waals surface area contributed by atoms with Crippen molar-refractivity contribution < 1.29 is 14.0 Å². The number of nitro groups is 1. The van der Waals surface area contributed by atoms with Gasteiger partial charge in [-0.05, 0) is 16.1 Å². The highest BCUT2D eigenvalue weighted by atomic mass is 31.2. The molecule has 0 aliphatic carbocycles. The predicted octanol–water partition coefficient (Wildman–Crippen LogP) is 3.96. The second-order valence-corrected chi connectivity index (χ2v) is 10.3. The van der Waals surface area contributed by atoms with Crippen molar-refractivity contribution in [3.8, 4) is 0 Å². The largest absolute Gasteiger partial charge is 0.358 e. The van der Waals surface area contributed by atoms with E-state index in [-0.39, 0.29) is 11.7 Å². The number of rotatable bonds is 9. The summed E-state index contributed by atoms with van der Waals surface area (Å²) in [6.45, 7) is 2.84. The van der Waals surface area contributed by atoms with Crippen LogP contribution in [0.25, 0.3) is 0 Å². The van der Waals surface area contributed by atoms with Crippen molar-refractivity contribution in [1.82, 2.24) is 18.9 Å². The van der Waals surface area contributed by atoms with Gasteiger partial charge in [-0.1, -0.05) is 60.7 Å². The van der Waals surface area contributed by atoms with Gasteiger partial charge in [-0.3, -0.25) is 9.09 Å². The summed E-state index contributed by atoms with van der Waals surface area (Å²) >= 11 is 0. The molecule has 3 heterocycles. The molecular weight excluding hydrogens is 429 g/mol. The number of benzene rings is 2. The molecule has 3 aromatic rings. The molecule has 2 fully saturated rings. The van der Waals surface area contributed by atoms with Gasteiger partial charge < -0.3 is 10.1 Å². The maximum absolute atomic E-state index is 14.0. The minimum atomic E-state index is -3.25. The van der Waals surface area contributed by atoms with Crippen molar-refractivity contribution in [3.05, 3.63) is 93.9 Å². The summed E-state index contributed by atoms with van der Waals surface area (Å²) in [7, 11) is -1.65. The average Bonchev–Trinajstić information content (AvgIpc) is 3.71. The Kier molecular flexibility index (Phi) is 5.43. The molecule has 10 heteroatoms.